The van der Waals surface area contributed by atoms with Gasteiger partial charge in [-0.3, -0.25) is 0 Å². The maximum absolute atomic E-state index is 12.4. The van der Waals surface area contributed by atoms with Crippen LogP contribution in [-0.4, -0.2) is 67.7 Å². The molecule has 1 saturated carbocycles. The number of rotatable bonds is 3. The third-order valence-electron chi connectivity index (χ3n) is 4.73. The molecule has 6 nitrogen and oxygen atoms in total. The average Bonchev–Trinajstić information content (AvgIpc) is 2.47. The third kappa shape index (κ3) is 3.84. The van der Waals surface area contributed by atoms with Crippen LogP contribution >= 0.6 is 0 Å². The van der Waals surface area contributed by atoms with Crippen LogP contribution in [0.3, 0.4) is 0 Å². The number of nitrogens with two attached hydrogens (primary N) is 2. The topological polar surface area (TPSA) is 87.6 Å². The predicted molar refractivity (Wildman–Crippen MR) is 80.4 cm³/mol. The lowest BCUT2D eigenvalue weighted by atomic mass is 9.86. The molecule has 0 bridgehead atoms. The Kier molecular flexibility index (Phi) is 5.63. The zero-order valence-corrected chi connectivity index (χ0v) is 12.6. The molecular formula is C14H29N5O. The Balaban J connectivity index is 1.82. The van der Waals surface area contributed by atoms with E-state index in [0.29, 0.717) is 18.5 Å². The van der Waals surface area contributed by atoms with E-state index in [1.54, 1.807) is 0 Å². The van der Waals surface area contributed by atoms with Gasteiger partial charge in [-0.25, -0.2) is 4.79 Å². The molecule has 0 radical (unpaired) electrons. The van der Waals surface area contributed by atoms with Gasteiger partial charge in [0.1, 0.15) is 0 Å². The number of carbonyl (C=O) groups is 1. The minimum atomic E-state index is 0.0600. The standard InChI is InChI=1S/C14H29N5O/c1-18-6-7-19(13(9-16)10-18)14(20)17-12-4-2-11(8-15)3-5-12/h11-13H,2-10,15-16H2,1H3,(H,17,20). The molecule has 5 N–H and O–H groups in total. The normalized spacial score (nSPS) is 32.1. The predicted octanol–water partition coefficient (Wildman–Crippen LogP) is -0.212. The Morgan fingerprint density at radius 3 is 2.45 bits per heavy atom. The van der Waals surface area contributed by atoms with Crippen molar-refractivity contribution in [1.29, 1.82) is 0 Å². The highest BCUT2D eigenvalue weighted by molar-refractivity contribution is 5.75. The summed E-state index contributed by atoms with van der Waals surface area (Å²) in [5.74, 6) is 0.642. The summed E-state index contributed by atoms with van der Waals surface area (Å²) in [5.41, 5.74) is 11.5. The minimum absolute atomic E-state index is 0.0600. The van der Waals surface area contributed by atoms with Crippen molar-refractivity contribution in [3.63, 3.8) is 0 Å². The van der Waals surface area contributed by atoms with Gasteiger partial charge in [-0.1, -0.05) is 0 Å². The third-order valence-corrected chi connectivity index (χ3v) is 4.73. The lowest BCUT2D eigenvalue weighted by Crippen LogP contribution is -2.60. The quantitative estimate of drug-likeness (QED) is 0.669. The van der Waals surface area contributed by atoms with Gasteiger partial charge in [0.2, 0.25) is 0 Å². The molecule has 0 aromatic carbocycles. The molecule has 2 rings (SSSR count). The molecule has 1 heterocycles. The second-order valence-corrected chi connectivity index (χ2v) is 6.25. The molecule has 1 saturated heterocycles. The Morgan fingerprint density at radius 2 is 1.85 bits per heavy atom. The highest BCUT2D eigenvalue weighted by Gasteiger charge is 2.30. The monoisotopic (exact) mass is 283 g/mol. The van der Waals surface area contributed by atoms with Gasteiger partial charge in [0.15, 0.2) is 0 Å². The van der Waals surface area contributed by atoms with Crippen LogP contribution in [0.1, 0.15) is 25.7 Å². The first-order valence-electron chi connectivity index (χ1n) is 7.79. The Bertz CT molecular complexity index is 317. The first-order chi connectivity index (χ1) is 9.63. The maximum atomic E-state index is 12.4. The van der Waals surface area contributed by atoms with Crippen molar-refractivity contribution in [2.24, 2.45) is 17.4 Å². The number of likely N-dealkylation sites (N-methyl/N-ethyl adjacent to an activating group) is 1. The second-order valence-electron chi connectivity index (χ2n) is 6.25. The van der Waals surface area contributed by atoms with Gasteiger partial charge < -0.3 is 26.6 Å². The molecule has 116 valence electrons. The fourth-order valence-corrected chi connectivity index (χ4v) is 3.28. The summed E-state index contributed by atoms with van der Waals surface area (Å²) < 4.78 is 0. The van der Waals surface area contributed by atoms with Crippen LogP contribution < -0.4 is 16.8 Å². The van der Waals surface area contributed by atoms with E-state index in [4.69, 9.17) is 11.5 Å². The van der Waals surface area contributed by atoms with Crippen LogP contribution in [-0.2, 0) is 0 Å². The number of nitrogens with zero attached hydrogens (tertiary/aromatic N) is 2. The van der Waals surface area contributed by atoms with Crippen molar-refractivity contribution in [2.75, 3.05) is 39.8 Å². The minimum Gasteiger partial charge on any atom is -0.335 e. The first-order valence-corrected chi connectivity index (χ1v) is 7.79. The van der Waals surface area contributed by atoms with Gasteiger partial charge in [0.05, 0.1) is 6.04 Å². The van der Waals surface area contributed by atoms with Crippen molar-refractivity contribution in [3.05, 3.63) is 0 Å². The van der Waals surface area contributed by atoms with Crippen LogP contribution in [0.25, 0.3) is 0 Å². The molecule has 0 spiro atoms. The SMILES string of the molecule is CN1CCN(C(=O)NC2CCC(CN)CC2)C(CN)C1. The van der Waals surface area contributed by atoms with Gasteiger partial charge in [-0.2, -0.15) is 0 Å². The number of hydrogen-bond donors (Lipinski definition) is 3. The number of hydrogen-bond acceptors (Lipinski definition) is 4. The van der Waals surface area contributed by atoms with Crippen LogP contribution in [0.5, 0.6) is 0 Å². The Morgan fingerprint density at radius 1 is 1.15 bits per heavy atom. The summed E-state index contributed by atoms with van der Waals surface area (Å²) in [6.45, 7) is 3.85. The summed E-state index contributed by atoms with van der Waals surface area (Å²) in [6, 6.07) is 0.502. The van der Waals surface area contributed by atoms with E-state index in [2.05, 4.69) is 17.3 Å². The van der Waals surface area contributed by atoms with Crippen molar-refractivity contribution < 1.29 is 4.79 Å². The fourth-order valence-electron chi connectivity index (χ4n) is 3.28. The summed E-state index contributed by atoms with van der Waals surface area (Å²) >= 11 is 0. The molecule has 2 amide bonds. The van der Waals surface area contributed by atoms with E-state index in [1.807, 2.05) is 4.90 Å². The lowest BCUT2D eigenvalue weighted by molar-refractivity contribution is 0.108. The van der Waals surface area contributed by atoms with E-state index in [1.165, 1.54) is 0 Å². The molecule has 0 aromatic heterocycles. The van der Waals surface area contributed by atoms with E-state index in [0.717, 1.165) is 51.9 Å². The van der Waals surface area contributed by atoms with Crippen molar-refractivity contribution in [1.82, 2.24) is 15.1 Å². The summed E-state index contributed by atoms with van der Waals surface area (Å²) in [4.78, 5) is 16.6. The van der Waals surface area contributed by atoms with Crippen LogP contribution in [0.2, 0.25) is 0 Å². The zero-order chi connectivity index (χ0) is 14.5. The first kappa shape index (κ1) is 15.5. The zero-order valence-electron chi connectivity index (χ0n) is 12.6. The van der Waals surface area contributed by atoms with Gasteiger partial charge in [-0.15, -0.1) is 0 Å². The van der Waals surface area contributed by atoms with Gasteiger partial charge >= 0.3 is 6.03 Å². The highest BCUT2D eigenvalue weighted by atomic mass is 16.2. The maximum Gasteiger partial charge on any atom is 0.317 e. The average molecular weight is 283 g/mol. The molecule has 1 aliphatic heterocycles. The van der Waals surface area contributed by atoms with Crippen molar-refractivity contribution in [3.8, 4) is 0 Å². The van der Waals surface area contributed by atoms with Crippen molar-refractivity contribution >= 4 is 6.03 Å². The highest BCUT2D eigenvalue weighted by Crippen LogP contribution is 2.23. The molecule has 1 atom stereocenters. The molecule has 1 aliphatic carbocycles. The van der Waals surface area contributed by atoms with Crippen LogP contribution in [0.4, 0.5) is 4.79 Å². The number of amides is 2. The molecule has 2 fully saturated rings. The van der Waals surface area contributed by atoms with Crippen molar-refractivity contribution in [2.45, 2.75) is 37.8 Å². The van der Waals surface area contributed by atoms with E-state index >= 15 is 0 Å². The van der Waals surface area contributed by atoms with Crippen LogP contribution in [0, 0.1) is 5.92 Å². The van der Waals surface area contributed by atoms with E-state index in [-0.39, 0.29) is 12.1 Å². The van der Waals surface area contributed by atoms with E-state index in [9.17, 15) is 4.79 Å². The Hall–Kier alpha value is -0.850. The fraction of sp³-hybridized carbons (Fsp3) is 0.929. The second kappa shape index (κ2) is 7.24. The molecule has 2 aliphatic rings. The molecule has 0 aromatic rings. The van der Waals surface area contributed by atoms with Gasteiger partial charge in [0.25, 0.3) is 0 Å². The number of carbonyl (C=O) groups excluding carboxylic acids is 1. The Labute approximate surface area is 121 Å². The summed E-state index contributed by atoms with van der Waals surface area (Å²) in [6.07, 6.45) is 4.36. The lowest BCUT2D eigenvalue weighted by Gasteiger charge is -2.40. The molecular weight excluding hydrogens is 254 g/mol. The molecule has 6 heteroatoms. The van der Waals surface area contributed by atoms with Crippen LogP contribution in [0.15, 0.2) is 0 Å². The molecule has 20 heavy (non-hydrogen) atoms. The largest absolute Gasteiger partial charge is 0.335 e. The van der Waals surface area contributed by atoms with E-state index < -0.39 is 0 Å². The number of nitrogens with one attached hydrogen (secondary N) is 1. The summed E-state index contributed by atoms with van der Waals surface area (Å²) in [7, 11) is 2.08. The van der Waals surface area contributed by atoms with Gasteiger partial charge in [-0.05, 0) is 45.2 Å². The number of urea groups is 1. The smallest absolute Gasteiger partial charge is 0.317 e. The van der Waals surface area contributed by atoms with Gasteiger partial charge in [0, 0.05) is 32.2 Å². The summed E-state index contributed by atoms with van der Waals surface area (Å²) in [5, 5.41) is 3.18. The molecule has 1 unspecified atom stereocenters. The number of piperazine rings is 1.